The lowest BCUT2D eigenvalue weighted by Crippen LogP contribution is -2.47. The molecule has 0 bridgehead atoms. The van der Waals surface area contributed by atoms with Gasteiger partial charge in [-0.3, -0.25) is 4.79 Å². The van der Waals surface area contributed by atoms with Crippen LogP contribution in [-0.4, -0.2) is 22.8 Å². The molecule has 0 spiro atoms. The third-order valence-corrected chi connectivity index (χ3v) is 2.75. The third kappa shape index (κ3) is 1.66. The highest BCUT2D eigenvalue weighted by Crippen LogP contribution is 2.36. The van der Waals surface area contributed by atoms with E-state index in [2.05, 4.69) is 5.10 Å². The Hall–Kier alpha value is -1.53. The first kappa shape index (κ1) is 11.0. The Labute approximate surface area is 89.1 Å². The van der Waals surface area contributed by atoms with Crippen molar-refractivity contribution < 1.29 is 13.2 Å². The van der Waals surface area contributed by atoms with E-state index < -0.39 is 17.3 Å². The van der Waals surface area contributed by atoms with Crippen molar-refractivity contribution in [3.05, 3.63) is 22.1 Å². The maximum Gasteiger partial charge on any atom is 0.423 e. The largest absolute Gasteiger partial charge is 0.423 e. The minimum atomic E-state index is -4.65. The quantitative estimate of drug-likeness (QED) is 0.797. The molecule has 2 rings (SSSR count). The van der Waals surface area contributed by atoms with E-state index in [1.165, 1.54) is 4.90 Å². The first-order valence-corrected chi connectivity index (χ1v) is 4.83. The maximum atomic E-state index is 12.7. The van der Waals surface area contributed by atoms with Gasteiger partial charge in [0, 0.05) is 12.6 Å². The fourth-order valence-corrected chi connectivity index (χ4v) is 1.75. The zero-order valence-electron chi connectivity index (χ0n) is 8.51. The normalized spacial score (nSPS) is 20.8. The van der Waals surface area contributed by atoms with E-state index in [4.69, 9.17) is 0 Å². The highest BCUT2D eigenvalue weighted by atomic mass is 19.4. The summed E-state index contributed by atoms with van der Waals surface area (Å²) in [4.78, 5) is 12.7. The van der Waals surface area contributed by atoms with E-state index in [-0.39, 0.29) is 11.7 Å². The molecule has 16 heavy (non-hydrogen) atoms. The summed E-state index contributed by atoms with van der Waals surface area (Å²) in [6.45, 7) is 2.33. The molecule has 0 saturated carbocycles. The van der Waals surface area contributed by atoms with Crippen LogP contribution >= 0.6 is 0 Å². The molecule has 1 saturated heterocycles. The van der Waals surface area contributed by atoms with Gasteiger partial charge in [-0.2, -0.15) is 18.3 Å². The summed E-state index contributed by atoms with van der Waals surface area (Å²) in [7, 11) is 0. The molecule has 0 aliphatic carbocycles. The molecule has 88 valence electrons. The number of halogens is 3. The van der Waals surface area contributed by atoms with Gasteiger partial charge in [0.15, 0.2) is 0 Å². The van der Waals surface area contributed by atoms with Gasteiger partial charge in [-0.15, -0.1) is 0 Å². The Morgan fingerprint density at radius 1 is 1.56 bits per heavy atom. The molecule has 4 nitrogen and oxygen atoms in total. The second-order valence-corrected chi connectivity index (χ2v) is 3.79. The molecule has 7 heteroatoms. The third-order valence-electron chi connectivity index (χ3n) is 2.75. The summed E-state index contributed by atoms with van der Waals surface area (Å²) in [5.41, 5.74) is -2.48. The van der Waals surface area contributed by atoms with Crippen LogP contribution in [0.5, 0.6) is 0 Å². The number of aromatic amines is 1. The zero-order valence-corrected chi connectivity index (χ0v) is 8.51. The SMILES string of the molecule is C[C@H]1CCN1c1cn[nH]c(=O)c1C(F)(F)F. The van der Waals surface area contributed by atoms with E-state index >= 15 is 0 Å². The van der Waals surface area contributed by atoms with Crippen LogP contribution in [0.4, 0.5) is 18.9 Å². The second kappa shape index (κ2) is 3.50. The van der Waals surface area contributed by atoms with Crippen molar-refractivity contribution in [2.75, 3.05) is 11.4 Å². The van der Waals surface area contributed by atoms with Gasteiger partial charge in [0.2, 0.25) is 0 Å². The Kier molecular flexibility index (Phi) is 2.40. The minimum absolute atomic E-state index is 0.0182. The van der Waals surface area contributed by atoms with Crippen molar-refractivity contribution in [1.29, 1.82) is 0 Å². The number of nitrogens with one attached hydrogen (secondary N) is 1. The Morgan fingerprint density at radius 2 is 2.25 bits per heavy atom. The van der Waals surface area contributed by atoms with Crippen molar-refractivity contribution in [3.8, 4) is 0 Å². The molecule has 1 atom stereocenters. The summed E-state index contributed by atoms with van der Waals surface area (Å²) in [6, 6.07) is 0.0182. The molecular weight excluding hydrogens is 223 g/mol. The topological polar surface area (TPSA) is 49.0 Å². The summed E-state index contributed by atoms with van der Waals surface area (Å²) >= 11 is 0. The van der Waals surface area contributed by atoms with Crippen LogP contribution in [0.3, 0.4) is 0 Å². The van der Waals surface area contributed by atoms with Gasteiger partial charge in [0.05, 0.1) is 11.9 Å². The zero-order chi connectivity index (χ0) is 11.9. The van der Waals surface area contributed by atoms with E-state index in [0.29, 0.717) is 6.54 Å². The smallest absolute Gasteiger partial charge is 0.367 e. The van der Waals surface area contributed by atoms with Gasteiger partial charge in [-0.1, -0.05) is 0 Å². The van der Waals surface area contributed by atoms with Gasteiger partial charge in [0.25, 0.3) is 5.56 Å². The highest BCUT2D eigenvalue weighted by Gasteiger charge is 2.40. The average molecular weight is 233 g/mol. The first-order valence-electron chi connectivity index (χ1n) is 4.83. The first-order chi connectivity index (χ1) is 7.41. The van der Waals surface area contributed by atoms with Gasteiger partial charge in [0.1, 0.15) is 5.56 Å². The Morgan fingerprint density at radius 3 is 2.69 bits per heavy atom. The molecule has 2 heterocycles. The summed E-state index contributed by atoms with van der Waals surface area (Å²) in [5.74, 6) is 0. The second-order valence-electron chi connectivity index (χ2n) is 3.79. The van der Waals surface area contributed by atoms with Crippen molar-refractivity contribution in [2.24, 2.45) is 0 Å². The van der Waals surface area contributed by atoms with Gasteiger partial charge >= 0.3 is 6.18 Å². The minimum Gasteiger partial charge on any atom is -0.367 e. The van der Waals surface area contributed by atoms with Crippen molar-refractivity contribution >= 4 is 5.69 Å². The summed E-state index contributed by atoms with van der Waals surface area (Å²) in [5, 5.41) is 5.23. The van der Waals surface area contributed by atoms with Crippen LogP contribution in [0.25, 0.3) is 0 Å². The van der Waals surface area contributed by atoms with Crippen LogP contribution in [0.15, 0.2) is 11.0 Å². The van der Waals surface area contributed by atoms with E-state index in [1.807, 2.05) is 12.0 Å². The van der Waals surface area contributed by atoms with Crippen LogP contribution in [0.2, 0.25) is 0 Å². The van der Waals surface area contributed by atoms with E-state index in [9.17, 15) is 18.0 Å². The van der Waals surface area contributed by atoms with Gasteiger partial charge in [-0.25, -0.2) is 5.10 Å². The molecule has 1 aliphatic heterocycles. The van der Waals surface area contributed by atoms with Gasteiger partial charge in [-0.05, 0) is 13.3 Å². The fraction of sp³-hybridized carbons (Fsp3) is 0.556. The molecule has 1 aromatic heterocycles. The standard InChI is InChI=1S/C9H10F3N3O/c1-5-2-3-15(5)6-4-13-14-8(16)7(6)9(10,11)12/h4-5H,2-3H2,1H3,(H,14,16)/t5-/m0/s1. The van der Waals surface area contributed by atoms with Crippen molar-refractivity contribution in [3.63, 3.8) is 0 Å². The van der Waals surface area contributed by atoms with E-state index in [0.717, 1.165) is 12.6 Å². The number of nitrogens with zero attached hydrogens (tertiary/aromatic N) is 2. The molecule has 1 N–H and O–H groups in total. The average Bonchev–Trinajstić information content (AvgIpc) is 2.13. The number of H-pyrrole nitrogens is 1. The monoisotopic (exact) mass is 233 g/mol. The lowest BCUT2D eigenvalue weighted by molar-refractivity contribution is -0.138. The number of hydrogen-bond donors (Lipinski definition) is 1. The summed E-state index contributed by atoms with van der Waals surface area (Å²) in [6.07, 6.45) is -2.77. The fourth-order valence-electron chi connectivity index (χ4n) is 1.75. The van der Waals surface area contributed by atoms with E-state index in [1.54, 1.807) is 0 Å². The van der Waals surface area contributed by atoms with Gasteiger partial charge < -0.3 is 4.90 Å². The van der Waals surface area contributed by atoms with Crippen LogP contribution < -0.4 is 10.5 Å². The Balaban J connectivity index is 2.53. The van der Waals surface area contributed by atoms with Crippen LogP contribution in [0, 0.1) is 0 Å². The molecule has 0 unspecified atom stereocenters. The maximum absolute atomic E-state index is 12.7. The molecule has 1 aliphatic rings. The molecule has 1 aromatic rings. The lowest BCUT2D eigenvalue weighted by Gasteiger charge is -2.41. The number of aromatic nitrogens is 2. The predicted molar refractivity (Wildman–Crippen MR) is 51.3 cm³/mol. The molecule has 0 aromatic carbocycles. The molecule has 0 radical (unpaired) electrons. The van der Waals surface area contributed by atoms with Crippen LogP contribution in [-0.2, 0) is 6.18 Å². The lowest BCUT2D eigenvalue weighted by atomic mass is 10.0. The molecule has 1 fully saturated rings. The molecular formula is C9H10F3N3O. The summed E-state index contributed by atoms with van der Waals surface area (Å²) < 4.78 is 38.0. The number of alkyl halides is 3. The number of rotatable bonds is 1. The van der Waals surface area contributed by atoms with Crippen LogP contribution in [0.1, 0.15) is 18.9 Å². The molecule has 0 amide bonds. The highest BCUT2D eigenvalue weighted by molar-refractivity contribution is 5.54. The predicted octanol–water partition coefficient (Wildman–Crippen LogP) is 1.39. The number of hydrogen-bond acceptors (Lipinski definition) is 3. The Bertz CT molecular complexity index is 454. The van der Waals surface area contributed by atoms with Crippen molar-refractivity contribution in [1.82, 2.24) is 10.2 Å². The van der Waals surface area contributed by atoms with Crippen molar-refractivity contribution in [2.45, 2.75) is 25.6 Å². The number of anilines is 1.